The number of hydrogen-bond acceptors (Lipinski definition) is 2. The summed E-state index contributed by atoms with van der Waals surface area (Å²) in [5.74, 6) is 0.00306. The maximum Gasteiger partial charge on any atom is 0.246 e. The summed E-state index contributed by atoms with van der Waals surface area (Å²) >= 11 is 0. The van der Waals surface area contributed by atoms with Crippen molar-refractivity contribution in [1.29, 1.82) is 0 Å². The van der Waals surface area contributed by atoms with Gasteiger partial charge in [0.2, 0.25) is 5.91 Å². The number of ether oxygens (including phenoxy) is 1. The van der Waals surface area contributed by atoms with E-state index in [0.717, 1.165) is 0 Å². The van der Waals surface area contributed by atoms with Crippen LogP contribution in [0.25, 0.3) is 0 Å². The molecule has 1 aliphatic rings. The van der Waals surface area contributed by atoms with Gasteiger partial charge in [0.1, 0.15) is 0 Å². The van der Waals surface area contributed by atoms with Crippen LogP contribution in [0.15, 0.2) is 12.7 Å². The fraction of sp³-hybridized carbons (Fsp3) is 0.571. The topological polar surface area (TPSA) is 61.0 Å². The first-order valence-electron chi connectivity index (χ1n) is 3.33. The Bertz CT molecular complexity index is 141. The second-order valence-corrected chi connectivity index (χ2v) is 2.14. The van der Waals surface area contributed by atoms with Crippen LogP contribution in [0.3, 0.4) is 0 Å². The lowest BCUT2D eigenvalue weighted by molar-refractivity contribution is -0.129. The van der Waals surface area contributed by atoms with Crippen molar-refractivity contribution >= 4 is 5.91 Å². The Hall–Kier alpha value is -0.870. The molecule has 0 aromatic rings. The molecule has 4 heteroatoms. The number of amides is 1. The van der Waals surface area contributed by atoms with Crippen molar-refractivity contribution in [2.45, 2.75) is 0 Å². The van der Waals surface area contributed by atoms with Gasteiger partial charge in [-0.25, -0.2) is 0 Å². The minimum absolute atomic E-state index is 0. The van der Waals surface area contributed by atoms with Crippen LogP contribution in [0.2, 0.25) is 0 Å². The molecule has 0 spiro atoms. The van der Waals surface area contributed by atoms with Crippen molar-refractivity contribution in [3.63, 3.8) is 0 Å². The first kappa shape index (κ1) is 10.1. The van der Waals surface area contributed by atoms with Crippen molar-refractivity contribution in [3.8, 4) is 0 Å². The summed E-state index contributed by atoms with van der Waals surface area (Å²) in [5, 5.41) is 0. The van der Waals surface area contributed by atoms with E-state index in [9.17, 15) is 4.79 Å². The van der Waals surface area contributed by atoms with Gasteiger partial charge >= 0.3 is 0 Å². The van der Waals surface area contributed by atoms with Crippen molar-refractivity contribution in [3.05, 3.63) is 12.7 Å². The minimum atomic E-state index is 0. The molecule has 0 aromatic heterocycles. The van der Waals surface area contributed by atoms with Crippen LogP contribution in [0, 0.1) is 0 Å². The Balaban J connectivity index is 0.000001000. The monoisotopic (exact) mass is 159 g/mol. The van der Waals surface area contributed by atoms with Gasteiger partial charge < -0.3 is 15.1 Å². The maximum absolute atomic E-state index is 10.9. The summed E-state index contributed by atoms with van der Waals surface area (Å²) in [4.78, 5) is 12.7. The highest BCUT2D eigenvalue weighted by molar-refractivity contribution is 5.87. The van der Waals surface area contributed by atoms with E-state index in [2.05, 4.69) is 6.58 Å². The number of carbonyl (C=O) groups is 1. The van der Waals surface area contributed by atoms with E-state index in [0.29, 0.717) is 26.3 Å². The molecule has 64 valence electrons. The van der Waals surface area contributed by atoms with Gasteiger partial charge in [-0.2, -0.15) is 0 Å². The second-order valence-electron chi connectivity index (χ2n) is 2.14. The Morgan fingerprint density at radius 2 is 2.00 bits per heavy atom. The van der Waals surface area contributed by atoms with Gasteiger partial charge in [0, 0.05) is 13.1 Å². The fourth-order valence-electron chi connectivity index (χ4n) is 0.913. The van der Waals surface area contributed by atoms with E-state index in [4.69, 9.17) is 4.74 Å². The maximum atomic E-state index is 10.9. The molecule has 0 radical (unpaired) electrons. The molecule has 1 amide bonds. The minimum Gasteiger partial charge on any atom is -0.412 e. The summed E-state index contributed by atoms with van der Waals surface area (Å²) in [6.45, 7) is 6.11. The number of hydrogen-bond donors (Lipinski definition) is 0. The van der Waals surface area contributed by atoms with E-state index >= 15 is 0 Å². The highest BCUT2D eigenvalue weighted by atomic mass is 16.5. The molecule has 0 saturated carbocycles. The van der Waals surface area contributed by atoms with Gasteiger partial charge in [-0.3, -0.25) is 4.79 Å². The number of rotatable bonds is 1. The molecule has 1 fully saturated rings. The van der Waals surface area contributed by atoms with Gasteiger partial charge in [0.25, 0.3) is 0 Å². The van der Waals surface area contributed by atoms with E-state index in [-0.39, 0.29) is 11.4 Å². The molecule has 0 bridgehead atoms. The summed E-state index contributed by atoms with van der Waals surface area (Å²) in [6.07, 6.45) is 1.34. The van der Waals surface area contributed by atoms with Crippen LogP contribution in [0.5, 0.6) is 0 Å². The van der Waals surface area contributed by atoms with Crippen molar-refractivity contribution in [2.75, 3.05) is 26.3 Å². The highest BCUT2D eigenvalue weighted by Gasteiger charge is 2.12. The first-order chi connectivity index (χ1) is 4.84. The normalized spacial score (nSPS) is 16.9. The van der Waals surface area contributed by atoms with Gasteiger partial charge in [0.05, 0.1) is 13.2 Å². The Morgan fingerprint density at radius 1 is 1.45 bits per heavy atom. The molecular weight excluding hydrogens is 146 g/mol. The quantitative estimate of drug-likeness (QED) is 0.470. The average molecular weight is 159 g/mol. The molecule has 0 aromatic carbocycles. The summed E-state index contributed by atoms with van der Waals surface area (Å²) in [6, 6.07) is 0. The first-order valence-corrected chi connectivity index (χ1v) is 3.33. The summed E-state index contributed by atoms with van der Waals surface area (Å²) < 4.78 is 5.07. The number of carbonyl (C=O) groups excluding carboxylic acids is 1. The third kappa shape index (κ3) is 2.69. The largest absolute Gasteiger partial charge is 0.412 e. The molecule has 1 saturated heterocycles. The van der Waals surface area contributed by atoms with Gasteiger partial charge in [0.15, 0.2) is 0 Å². The molecule has 0 atom stereocenters. The van der Waals surface area contributed by atoms with E-state index < -0.39 is 0 Å². The van der Waals surface area contributed by atoms with Crippen LogP contribution in [-0.4, -0.2) is 42.6 Å². The third-order valence-corrected chi connectivity index (χ3v) is 1.50. The lowest BCUT2D eigenvalue weighted by Gasteiger charge is -2.25. The van der Waals surface area contributed by atoms with Gasteiger partial charge in [-0.1, -0.05) is 6.58 Å². The van der Waals surface area contributed by atoms with Crippen molar-refractivity contribution in [1.82, 2.24) is 4.90 Å². The molecule has 11 heavy (non-hydrogen) atoms. The SMILES string of the molecule is C=CC(=O)N1CCOCC1.O. The zero-order valence-corrected chi connectivity index (χ0v) is 6.38. The lowest BCUT2D eigenvalue weighted by Crippen LogP contribution is -2.39. The zero-order valence-electron chi connectivity index (χ0n) is 6.38. The Kier molecular flexibility index (Phi) is 4.49. The zero-order chi connectivity index (χ0) is 7.40. The molecule has 1 aliphatic heterocycles. The molecule has 0 unspecified atom stereocenters. The number of morpholine rings is 1. The smallest absolute Gasteiger partial charge is 0.246 e. The predicted octanol–water partition coefficient (Wildman–Crippen LogP) is -0.794. The van der Waals surface area contributed by atoms with Crippen LogP contribution < -0.4 is 0 Å². The molecule has 4 nitrogen and oxygen atoms in total. The second kappa shape index (κ2) is 4.87. The number of nitrogens with zero attached hydrogens (tertiary/aromatic N) is 1. The third-order valence-electron chi connectivity index (χ3n) is 1.50. The van der Waals surface area contributed by atoms with Crippen LogP contribution in [-0.2, 0) is 9.53 Å². The average Bonchev–Trinajstić information content (AvgIpc) is 2.05. The molecule has 1 rings (SSSR count). The molecule has 2 N–H and O–H groups in total. The van der Waals surface area contributed by atoms with E-state index in [1.807, 2.05) is 0 Å². The van der Waals surface area contributed by atoms with Gasteiger partial charge in [-0.05, 0) is 6.08 Å². The van der Waals surface area contributed by atoms with Crippen molar-refractivity contribution < 1.29 is 15.0 Å². The highest BCUT2D eigenvalue weighted by Crippen LogP contribution is 1.96. The van der Waals surface area contributed by atoms with Crippen LogP contribution >= 0.6 is 0 Å². The molecule has 0 aliphatic carbocycles. The lowest BCUT2D eigenvalue weighted by atomic mass is 10.4. The predicted molar refractivity (Wildman–Crippen MR) is 41.2 cm³/mol. The Labute approximate surface area is 65.7 Å². The fourth-order valence-corrected chi connectivity index (χ4v) is 0.913. The van der Waals surface area contributed by atoms with Crippen LogP contribution in [0.4, 0.5) is 0 Å². The van der Waals surface area contributed by atoms with E-state index in [1.54, 1.807) is 4.90 Å². The Morgan fingerprint density at radius 3 is 2.45 bits per heavy atom. The van der Waals surface area contributed by atoms with E-state index in [1.165, 1.54) is 6.08 Å². The van der Waals surface area contributed by atoms with Crippen molar-refractivity contribution in [2.24, 2.45) is 0 Å². The standard InChI is InChI=1S/C7H11NO2.H2O/c1-2-7(9)8-3-5-10-6-4-8;/h2H,1,3-6H2;1H2. The summed E-state index contributed by atoms with van der Waals surface area (Å²) in [7, 11) is 0. The summed E-state index contributed by atoms with van der Waals surface area (Å²) in [5.41, 5.74) is 0. The van der Waals surface area contributed by atoms with Crippen LogP contribution in [0.1, 0.15) is 0 Å². The van der Waals surface area contributed by atoms with Gasteiger partial charge in [-0.15, -0.1) is 0 Å². The molecular formula is C7H13NO3. The molecule has 1 heterocycles.